The van der Waals surface area contributed by atoms with E-state index in [0.29, 0.717) is 13.0 Å². The smallest absolute Gasteiger partial charge is 0.319 e. The SMILES string of the molecule is CN(C)C(=O)Cc1ccc(NC(=O)NCCC2=CCCCC2)cc1. The Kier molecular flexibility index (Phi) is 6.85. The van der Waals surface area contributed by atoms with E-state index in [1.807, 2.05) is 24.3 Å². The number of likely N-dealkylation sites (N-methyl/N-ethyl adjacent to an activating group) is 1. The van der Waals surface area contributed by atoms with Gasteiger partial charge in [0.1, 0.15) is 0 Å². The summed E-state index contributed by atoms with van der Waals surface area (Å²) in [5.74, 6) is 0.0606. The standard InChI is InChI=1S/C19H27N3O2/c1-22(2)18(23)14-16-8-10-17(11-9-16)21-19(24)20-13-12-15-6-4-3-5-7-15/h6,8-11H,3-5,7,12-14H2,1-2H3,(H2,20,21,24). The molecule has 24 heavy (non-hydrogen) atoms. The van der Waals surface area contributed by atoms with E-state index >= 15 is 0 Å². The van der Waals surface area contributed by atoms with Gasteiger partial charge in [-0.05, 0) is 49.8 Å². The lowest BCUT2D eigenvalue weighted by Gasteiger charge is -2.13. The first kappa shape index (κ1) is 18.0. The lowest BCUT2D eigenvalue weighted by atomic mass is 9.97. The predicted molar refractivity (Wildman–Crippen MR) is 97.0 cm³/mol. The monoisotopic (exact) mass is 329 g/mol. The third-order valence-electron chi connectivity index (χ3n) is 4.18. The average molecular weight is 329 g/mol. The second-order valence-electron chi connectivity index (χ2n) is 6.40. The van der Waals surface area contributed by atoms with Gasteiger partial charge in [0.05, 0.1) is 6.42 Å². The van der Waals surface area contributed by atoms with E-state index in [1.54, 1.807) is 19.0 Å². The molecule has 1 aromatic rings. The van der Waals surface area contributed by atoms with E-state index in [2.05, 4.69) is 16.7 Å². The van der Waals surface area contributed by atoms with Gasteiger partial charge in [0.2, 0.25) is 5.91 Å². The number of hydrogen-bond donors (Lipinski definition) is 2. The van der Waals surface area contributed by atoms with E-state index in [0.717, 1.165) is 24.1 Å². The first-order valence-electron chi connectivity index (χ1n) is 8.56. The molecular formula is C19H27N3O2. The maximum atomic E-state index is 11.9. The first-order chi connectivity index (χ1) is 11.5. The first-order valence-corrected chi connectivity index (χ1v) is 8.56. The number of hydrogen-bond acceptors (Lipinski definition) is 2. The minimum atomic E-state index is -0.191. The van der Waals surface area contributed by atoms with Gasteiger partial charge >= 0.3 is 6.03 Å². The molecule has 1 aromatic carbocycles. The highest BCUT2D eigenvalue weighted by atomic mass is 16.2. The number of carbonyl (C=O) groups is 2. The zero-order chi connectivity index (χ0) is 17.4. The molecular weight excluding hydrogens is 302 g/mol. The lowest BCUT2D eigenvalue weighted by Crippen LogP contribution is -2.29. The summed E-state index contributed by atoms with van der Waals surface area (Å²) < 4.78 is 0. The van der Waals surface area contributed by atoms with Crippen molar-refractivity contribution in [3.8, 4) is 0 Å². The van der Waals surface area contributed by atoms with Crippen LogP contribution in [0.4, 0.5) is 10.5 Å². The van der Waals surface area contributed by atoms with E-state index in [-0.39, 0.29) is 11.9 Å². The van der Waals surface area contributed by atoms with Crippen LogP contribution in [0.15, 0.2) is 35.9 Å². The van der Waals surface area contributed by atoms with Gasteiger partial charge in [-0.3, -0.25) is 4.79 Å². The average Bonchev–Trinajstić information content (AvgIpc) is 2.57. The second kappa shape index (κ2) is 9.11. The molecule has 3 amide bonds. The molecule has 0 unspecified atom stereocenters. The molecule has 0 fully saturated rings. The van der Waals surface area contributed by atoms with Crippen molar-refractivity contribution in [2.75, 3.05) is 26.0 Å². The summed E-state index contributed by atoms with van der Waals surface area (Å²) in [6.07, 6.45) is 8.49. The van der Waals surface area contributed by atoms with Crippen molar-refractivity contribution in [1.82, 2.24) is 10.2 Å². The number of amides is 3. The molecule has 1 aliphatic rings. The van der Waals surface area contributed by atoms with Crippen LogP contribution in [0.3, 0.4) is 0 Å². The number of carbonyl (C=O) groups excluding carboxylic acids is 2. The molecule has 2 N–H and O–H groups in total. The Balaban J connectivity index is 1.73. The summed E-state index contributed by atoms with van der Waals surface area (Å²) in [5, 5.41) is 5.71. The molecule has 0 bridgehead atoms. The number of allylic oxidation sites excluding steroid dienone is 1. The van der Waals surface area contributed by atoms with Crippen LogP contribution in [-0.2, 0) is 11.2 Å². The van der Waals surface area contributed by atoms with Crippen LogP contribution in [-0.4, -0.2) is 37.5 Å². The van der Waals surface area contributed by atoms with Crippen LogP contribution >= 0.6 is 0 Å². The largest absolute Gasteiger partial charge is 0.349 e. The number of benzene rings is 1. The molecule has 0 radical (unpaired) electrons. The summed E-state index contributed by atoms with van der Waals surface area (Å²) in [6, 6.07) is 7.18. The molecule has 5 nitrogen and oxygen atoms in total. The number of nitrogens with zero attached hydrogens (tertiary/aromatic N) is 1. The third kappa shape index (κ3) is 6.07. The van der Waals surface area contributed by atoms with Crippen molar-refractivity contribution < 1.29 is 9.59 Å². The summed E-state index contributed by atoms with van der Waals surface area (Å²) >= 11 is 0. The number of nitrogens with one attached hydrogen (secondary N) is 2. The molecule has 2 rings (SSSR count). The molecule has 130 valence electrons. The van der Waals surface area contributed by atoms with Gasteiger partial charge in [0.25, 0.3) is 0 Å². The zero-order valence-corrected chi connectivity index (χ0v) is 14.6. The molecule has 0 atom stereocenters. The van der Waals surface area contributed by atoms with Gasteiger partial charge in [-0.1, -0.05) is 23.8 Å². The normalized spacial score (nSPS) is 13.8. The maximum Gasteiger partial charge on any atom is 0.319 e. The van der Waals surface area contributed by atoms with Gasteiger partial charge in [0, 0.05) is 26.3 Å². The Bertz CT molecular complexity index is 591. The molecule has 1 aliphatic carbocycles. The highest BCUT2D eigenvalue weighted by Gasteiger charge is 2.07. The summed E-state index contributed by atoms with van der Waals surface area (Å²) in [7, 11) is 3.48. The molecule has 0 saturated heterocycles. The highest BCUT2D eigenvalue weighted by Crippen LogP contribution is 2.19. The number of rotatable bonds is 6. The summed E-state index contributed by atoms with van der Waals surface area (Å²) in [5.41, 5.74) is 3.12. The Morgan fingerprint density at radius 2 is 1.88 bits per heavy atom. The summed E-state index contributed by atoms with van der Waals surface area (Å²) in [6.45, 7) is 0.660. The quantitative estimate of drug-likeness (QED) is 0.786. The maximum absolute atomic E-state index is 11.9. The predicted octanol–water partition coefficient (Wildman–Crippen LogP) is 3.33. The minimum absolute atomic E-state index is 0.0606. The fraction of sp³-hybridized carbons (Fsp3) is 0.474. The Labute approximate surface area is 144 Å². The molecule has 5 heteroatoms. The van der Waals surface area contributed by atoms with Gasteiger partial charge < -0.3 is 15.5 Å². The highest BCUT2D eigenvalue weighted by molar-refractivity contribution is 5.89. The molecule has 0 aromatic heterocycles. The van der Waals surface area contributed by atoms with E-state index in [4.69, 9.17) is 0 Å². The summed E-state index contributed by atoms with van der Waals surface area (Å²) in [4.78, 5) is 25.1. The molecule has 0 saturated carbocycles. The Hall–Kier alpha value is -2.30. The fourth-order valence-corrected chi connectivity index (χ4v) is 2.68. The van der Waals surface area contributed by atoms with Gasteiger partial charge in [-0.25, -0.2) is 4.79 Å². The van der Waals surface area contributed by atoms with Crippen LogP contribution in [0, 0.1) is 0 Å². The lowest BCUT2D eigenvalue weighted by molar-refractivity contribution is -0.127. The Morgan fingerprint density at radius 3 is 2.50 bits per heavy atom. The van der Waals surface area contributed by atoms with Crippen molar-refractivity contribution in [1.29, 1.82) is 0 Å². The van der Waals surface area contributed by atoms with E-state index < -0.39 is 0 Å². The van der Waals surface area contributed by atoms with E-state index in [9.17, 15) is 9.59 Å². The Morgan fingerprint density at radius 1 is 1.12 bits per heavy atom. The van der Waals surface area contributed by atoms with Crippen molar-refractivity contribution in [2.45, 2.75) is 38.5 Å². The van der Waals surface area contributed by atoms with Gasteiger partial charge in [-0.15, -0.1) is 0 Å². The van der Waals surface area contributed by atoms with Crippen molar-refractivity contribution >= 4 is 17.6 Å². The van der Waals surface area contributed by atoms with Crippen molar-refractivity contribution in [2.24, 2.45) is 0 Å². The second-order valence-corrected chi connectivity index (χ2v) is 6.40. The van der Waals surface area contributed by atoms with Crippen LogP contribution in [0.1, 0.15) is 37.7 Å². The van der Waals surface area contributed by atoms with Crippen LogP contribution in [0.2, 0.25) is 0 Å². The van der Waals surface area contributed by atoms with Gasteiger partial charge in [-0.2, -0.15) is 0 Å². The fourth-order valence-electron chi connectivity index (χ4n) is 2.68. The van der Waals surface area contributed by atoms with Crippen LogP contribution in [0.5, 0.6) is 0 Å². The molecule has 0 spiro atoms. The van der Waals surface area contributed by atoms with Crippen LogP contribution < -0.4 is 10.6 Å². The number of anilines is 1. The van der Waals surface area contributed by atoms with Crippen LogP contribution in [0.25, 0.3) is 0 Å². The molecule has 0 aliphatic heterocycles. The van der Waals surface area contributed by atoms with Gasteiger partial charge in [0.15, 0.2) is 0 Å². The third-order valence-corrected chi connectivity index (χ3v) is 4.18. The van der Waals surface area contributed by atoms with Crippen molar-refractivity contribution in [3.63, 3.8) is 0 Å². The topological polar surface area (TPSA) is 61.4 Å². The number of urea groups is 1. The van der Waals surface area contributed by atoms with E-state index in [1.165, 1.54) is 24.8 Å². The molecule has 0 heterocycles. The minimum Gasteiger partial charge on any atom is -0.349 e. The zero-order valence-electron chi connectivity index (χ0n) is 14.6. The van der Waals surface area contributed by atoms with Crippen molar-refractivity contribution in [3.05, 3.63) is 41.5 Å².